The maximum absolute atomic E-state index is 10.3. The average molecular weight is 160 g/mol. The molecule has 0 heterocycles. The summed E-state index contributed by atoms with van der Waals surface area (Å²) >= 11 is 0. The molecule has 11 heavy (non-hydrogen) atoms. The standard InChI is InChI=1S/C8H16O3/c1-7(3-5-9)4-6-11-8(2)10/h7,9H,3-6H2,1-2H3. The number of aliphatic hydroxyl groups is 1. The first kappa shape index (κ1) is 10.4. The summed E-state index contributed by atoms with van der Waals surface area (Å²) in [6.07, 6.45) is 1.61. The molecule has 0 aliphatic carbocycles. The van der Waals surface area contributed by atoms with Crippen LogP contribution in [0.2, 0.25) is 0 Å². The lowest BCUT2D eigenvalue weighted by Crippen LogP contribution is -2.06. The molecule has 3 nitrogen and oxygen atoms in total. The van der Waals surface area contributed by atoms with Gasteiger partial charge >= 0.3 is 5.97 Å². The van der Waals surface area contributed by atoms with Crippen molar-refractivity contribution in [1.29, 1.82) is 0 Å². The third kappa shape index (κ3) is 7.33. The molecule has 1 unspecified atom stereocenters. The number of ether oxygens (including phenoxy) is 1. The molecule has 0 radical (unpaired) electrons. The van der Waals surface area contributed by atoms with E-state index in [0.717, 1.165) is 12.8 Å². The molecule has 0 aromatic heterocycles. The summed E-state index contributed by atoms with van der Waals surface area (Å²) < 4.78 is 4.74. The molecule has 66 valence electrons. The highest BCUT2D eigenvalue weighted by atomic mass is 16.5. The molecule has 0 aromatic rings. The van der Waals surface area contributed by atoms with Gasteiger partial charge in [0, 0.05) is 13.5 Å². The van der Waals surface area contributed by atoms with Gasteiger partial charge in [-0.1, -0.05) is 6.92 Å². The Morgan fingerprint density at radius 1 is 1.55 bits per heavy atom. The SMILES string of the molecule is CC(=O)OCCC(C)CCO. The fourth-order valence-electron chi connectivity index (χ4n) is 0.769. The van der Waals surface area contributed by atoms with E-state index in [0.29, 0.717) is 12.5 Å². The number of carbonyl (C=O) groups excluding carboxylic acids is 1. The van der Waals surface area contributed by atoms with E-state index in [2.05, 4.69) is 0 Å². The van der Waals surface area contributed by atoms with Crippen LogP contribution in [-0.2, 0) is 9.53 Å². The van der Waals surface area contributed by atoms with Crippen molar-refractivity contribution in [2.75, 3.05) is 13.2 Å². The third-order valence-corrected chi connectivity index (χ3v) is 1.54. The second kappa shape index (κ2) is 6.16. The van der Waals surface area contributed by atoms with Gasteiger partial charge in [0.25, 0.3) is 0 Å². The van der Waals surface area contributed by atoms with Gasteiger partial charge in [-0.05, 0) is 18.8 Å². The van der Waals surface area contributed by atoms with E-state index in [1.54, 1.807) is 0 Å². The highest BCUT2D eigenvalue weighted by Gasteiger charge is 2.01. The Labute approximate surface area is 67.4 Å². The second-order valence-corrected chi connectivity index (χ2v) is 2.75. The summed E-state index contributed by atoms with van der Waals surface area (Å²) in [5.41, 5.74) is 0. The number of hydrogen-bond donors (Lipinski definition) is 1. The lowest BCUT2D eigenvalue weighted by molar-refractivity contribution is -0.141. The van der Waals surface area contributed by atoms with Gasteiger partial charge in [0.15, 0.2) is 0 Å². The minimum atomic E-state index is -0.235. The van der Waals surface area contributed by atoms with Gasteiger partial charge in [0.2, 0.25) is 0 Å². The van der Waals surface area contributed by atoms with E-state index < -0.39 is 0 Å². The molecular formula is C8H16O3. The molecule has 0 saturated heterocycles. The van der Waals surface area contributed by atoms with E-state index >= 15 is 0 Å². The normalized spacial score (nSPS) is 12.6. The maximum Gasteiger partial charge on any atom is 0.302 e. The second-order valence-electron chi connectivity index (χ2n) is 2.75. The van der Waals surface area contributed by atoms with E-state index in [1.807, 2.05) is 6.92 Å². The van der Waals surface area contributed by atoms with Crippen LogP contribution in [0, 0.1) is 5.92 Å². The molecular weight excluding hydrogens is 144 g/mol. The zero-order valence-electron chi connectivity index (χ0n) is 7.17. The van der Waals surface area contributed by atoms with Crippen molar-refractivity contribution >= 4 is 5.97 Å². The van der Waals surface area contributed by atoms with Crippen LogP contribution in [0.5, 0.6) is 0 Å². The van der Waals surface area contributed by atoms with Crippen LogP contribution in [0.3, 0.4) is 0 Å². The molecule has 0 fully saturated rings. The van der Waals surface area contributed by atoms with Gasteiger partial charge in [-0.3, -0.25) is 4.79 Å². The zero-order valence-corrected chi connectivity index (χ0v) is 7.17. The van der Waals surface area contributed by atoms with Crippen LogP contribution in [0.25, 0.3) is 0 Å². The molecule has 0 bridgehead atoms. The number of esters is 1. The van der Waals surface area contributed by atoms with Crippen molar-refractivity contribution < 1.29 is 14.6 Å². The summed E-state index contributed by atoms with van der Waals surface area (Å²) in [6, 6.07) is 0. The van der Waals surface area contributed by atoms with Crippen LogP contribution >= 0.6 is 0 Å². The Hall–Kier alpha value is -0.570. The quantitative estimate of drug-likeness (QED) is 0.609. The van der Waals surface area contributed by atoms with Gasteiger partial charge < -0.3 is 9.84 Å². The molecule has 0 aromatic carbocycles. The first-order valence-electron chi connectivity index (χ1n) is 3.91. The molecule has 0 amide bonds. The largest absolute Gasteiger partial charge is 0.466 e. The smallest absolute Gasteiger partial charge is 0.302 e. The zero-order chi connectivity index (χ0) is 8.69. The van der Waals surface area contributed by atoms with Crippen molar-refractivity contribution in [3.8, 4) is 0 Å². The van der Waals surface area contributed by atoms with Crippen molar-refractivity contribution in [2.24, 2.45) is 5.92 Å². The van der Waals surface area contributed by atoms with E-state index in [1.165, 1.54) is 6.92 Å². The van der Waals surface area contributed by atoms with Crippen molar-refractivity contribution in [3.05, 3.63) is 0 Å². The van der Waals surface area contributed by atoms with Crippen LogP contribution in [0.15, 0.2) is 0 Å². The fourth-order valence-corrected chi connectivity index (χ4v) is 0.769. The van der Waals surface area contributed by atoms with Gasteiger partial charge in [-0.2, -0.15) is 0 Å². The Morgan fingerprint density at radius 2 is 2.18 bits per heavy atom. The summed E-state index contributed by atoms with van der Waals surface area (Å²) in [7, 11) is 0. The highest BCUT2D eigenvalue weighted by Crippen LogP contribution is 2.05. The average Bonchev–Trinajstić information content (AvgIpc) is 1.87. The number of hydrogen-bond acceptors (Lipinski definition) is 3. The monoisotopic (exact) mass is 160 g/mol. The van der Waals surface area contributed by atoms with Gasteiger partial charge in [0.05, 0.1) is 6.61 Å². The van der Waals surface area contributed by atoms with E-state index in [9.17, 15) is 4.79 Å². The van der Waals surface area contributed by atoms with Crippen LogP contribution < -0.4 is 0 Å². The van der Waals surface area contributed by atoms with Crippen LogP contribution in [0.1, 0.15) is 26.7 Å². The van der Waals surface area contributed by atoms with Crippen LogP contribution in [-0.4, -0.2) is 24.3 Å². The highest BCUT2D eigenvalue weighted by molar-refractivity contribution is 5.65. The summed E-state index contributed by atoms with van der Waals surface area (Å²) in [4.78, 5) is 10.3. The Bertz CT molecular complexity index is 112. The Kier molecular flexibility index (Phi) is 5.84. The van der Waals surface area contributed by atoms with Crippen molar-refractivity contribution in [3.63, 3.8) is 0 Å². The summed E-state index contributed by atoms with van der Waals surface area (Å²) in [6.45, 7) is 4.11. The van der Waals surface area contributed by atoms with E-state index in [4.69, 9.17) is 9.84 Å². The fraction of sp³-hybridized carbons (Fsp3) is 0.875. The van der Waals surface area contributed by atoms with Gasteiger partial charge in [0.1, 0.15) is 0 Å². The molecule has 0 rings (SSSR count). The summed E-state index contributed by atoms with van der Waals surface area (Å²) in [5.74, 6) is 0.195. The lowest BCUT2D eigenvalue weighted by atomic mass is 10.1. The molecule has 3 heteroatoms. The minimum Gasteiger partial charge on any atom is -0.466 e. The molecule has 0 aliphatic rings. The first-order chi connectivity index (χ1) is 5.16. The van der Waals surface area contributed by atoms with E-state index in [-0.39, 0.29) is 12.6 Å². The molecule has 0 aliphatic heterocycles. The number of rotatable bonds is 5. The predicted molar refractivity (Wildman–Crippen MR) is 42.1 cm³/mol. The maximum atomic E-state index is 10.3. The van der Waals surface area contributed by atoms with Gasteiger partial charge in [-0.15, -0.1) is 0 Å². The molecule has 0 spiro atoms. The summed E-state index contributed by atoms with van der Waals surface area (Å²) in [5, 5.41) is 8.54. The van der Waals surface area contributed by atoms with Crippen molar-refractivity contribution in [1.82, 2.24) is 0 Å². The number of carbonyl (C=O) groups is 1. The lowest BCUT2D eigenvalue weighted by Gasteiger charge is -2.08. The molecule has 1 N–H and O–H groups in total. The van der Waals surface area contributed by atoms with Gasteiger partial charge in [-0.25, -0.2) is 0 Å². The van der Waals surface area contributed by atoms with Crippen molar-refractivity contribution in [2.45, 2.75) is 26.7 Å². The predicted octanol–water partition coefficient (Wildman–Crippen LogP) is 0.958. The minimum absolute atomic E-state index is 0.210. The molecule has 0 saturated carbocycles. The van der Waals surface area contributed by atoms with Crippen LogP contribution in [0.4, 0.5) is 0 Å². The topological polar surface area (TPSA) is 46.5 Å². The Morgan fingerprint density at radius 3 is 2.64 bits per heavy atom. The first-order valence-corrected chi connectivity index (χ1v) is 3.91. The third-order valence-electron chi connectivity index (χ3n) is 1.54. The Balaban J connectivity index is 3.16. The number of aliphatic hydroxyl groups excluding tert-OH is 1. The molecule has 1 atom stereocenters.